The van der Waals surface area contributed by atoms with Crippen LogP contribution >= 0.6 is 0 Å². The minimum absolute atomic E-state index is 0.133. The number of nitrogens with zero attached hydrogens (tertiary/aromatic N) is 1. The molecular formula is C12H21NO2. The van der Waals surface area contributed by atoms with Gasteiger partial charge >= 0.3 is 0 Å². The highest BCUT2D eigenvalue weighted by Crippen LogP contribution is 2.23. The zero-order chi connectivity index (χ0) is 10.7. The van der Waals surface area contributed by atoms with Crippen molar-refractivity contribution in [3.05, 3.63) is 0 Å². The van der Waals surface area contributed by atoms with Gasteiger partial charge < -0.3 is 4.74 Å². The van der Waals surface area contributed by atoms with Crippen molar-refractivity contribution in [2.24, 2.45) is 0 Å². The third-order valence-corrected chi connectivity index (χ3v) is 3.53. The zero-order valence-corrected chi connectivity index (χ0v) is 9.58. The van der Waals surface area contributed by atoms with Gasteiger partial charge in [-0.1, -0.05) is 13.3 Å². The number of unbranched alkanes of at least 4 members (excludes halogenated alkanes) is 1. The number of carbonyl (C=O) groups excluding carboxylic acids is 1. The van der Waals surface area contributed by atoms with Gasteiger partial charge in [-0.25, -0.2) is 0 Å². The van der Waals surface area contributed by atoms with E-state index in [9.17, 15) is 4.79 Å². The molecule has 2 fully saturated rings. The SMILES string of the molecule is CCCCC(=O)C1CN2CCCC2CO1. The first-order chi connectivity index (χ1) is 7.31. The highest BCUT2D eigenvalue weighted by atomic mass is 16.5. The molecule has 2 aliphatic heterocycles. The van der Waals surface area contributed by atoms with E-state index in [-0.39, 0.29) is 6.10 Å². The molecule has 3 nitrogen and oxygen atoms in total. The fourth-order valence-corrected chi connectivity index (χ4v) is 2.52. The summed E-state index contributed by atoms with van der Waals surface area (Å²) in [5.41, 5.74) is 0. The number of hydrogen-bond donors (Lipinski definition) is 0. The molecule has 0 spiro atoms. The van der Waals surface area contributed by atoms with Crippen molar-refractivity contribution in [3.63, 3.8) is 0 Å². The molecule has 3 heteroatoms. The topological polar surface area (TPSA) is 29.5 Å². The molecule has 0 aromatic carbocycles. The lowest BCUT2D eigenvalue weighted by atomic mass is 10.1. The van der Waals surface area contributed by atoms with Crippen molar-refractivity contribution in [2.75, 3.05) is 19.7 Å². The van der Waals surface area contributed by atoms with Gasteiger partial charge in [-0.05, 0) is 25.8 Å². The van der Waals surface area contributed by atoms with E-state index < -0.39 is 0 Å². The maximum Gasteiger partial charge on any atom is 0.162 e. The van der Waals surface area contributed by atoms with Crippen LogP contribution in [0.25, 0.3) is 0 Å². The number of hydrogen-bond acceptors (Lipinski definition) is 3. The standard InChI is InChI=1S/C12H21NO2/c1-2-3-6-11(14)12-8-13-7-4-5-10(13)9-15-12/h10,12H,2-9H2,1H3. The summed E-state index contributed by atoms with van der Waals surface area (Å²) in [5, 5.41) is 0. The second kappa shape index (κ2) is 5.08. The quantitative estimate of drug-likeness (QED) is 0.707. The van der Waals surface area contributed by atoms with Crippen LogP contribution in [0.15, 0.2) is 0 Å². The van der Waals surface area contributed by atoms with Crippen molar-refractivity contribution in [1.82, 2.24) is 4.90 Å². The molecule has 86 valence electrons. The van der Waals surface area contributed by atoms with E-state index in [4.69, 9.17) is 4.74 Å². The molecule has 0 N–H and O–H groups in total. The first-order valence-electron chi connectivity index (χ1n) is 6.19. The van der Waals surface area contributed by atoms with Crippen LogP contribution in [-0.4, -0.2) is 42.5 Å². The second-order valence-corrected chi connectivity index (χ2v) is 4.68. The van der Waals surface area contributed by atoms with Crippen LogP contribution < -0.4 is 0 Å². The lowest BCUT2D eigenvalue weighted by Gasteiger charge is -2.34. The van der Waals surface area contributed by atoms with E-state index >= 15 is 0 Å². The van der Waals surface area contributed by atoms with E-state index in [1.54, 1.807) is 0 Å². The summed E-state index contributed by atoms with van der Waals surface area (Å²) in [6, 6.07) is 0.597. The molecule has 15 heavy (non-hydrogen) atoms. The Kier molecular flexibility index (Phi) is 3.76. The van der Waals surface area contributed by atoms with Crippen molar-refractivity contribution >= 4 is 5.78 Å². The van der Waals surface area contributed by atoms with E-state index in [0.29, 0.717) is 18.2 Å². The summed E-state index contributed by atoms with van der Waals surface area (Å²) >= 11 is 0. The Labute approximate surface area is 91.8 Å². The smallest absolute Gasteiger partial charge is 0.162 e. The number of Topliss-reactive ketones (excluding diaryl/α,β-unsaturated/α-hetero) is 1. The van der Waals surface area contributed by atoms with Crippen LogP contribution in [0, 0.1) is 0 Å². The predicted octanol–water partition coefficient (Wildman–Crippen LogP) is 1.61. The third kappa shape index (κ3) is 2.58. The molecule has 0 aromatic rings. The molecule has 2 unspecified atom stereocenters. The molecule has 2 heterocycles. The summed E-state index contributed by atoms with van der Waals surface area (Å²) in [4.78, 5) is 14.2. The molecular weight excluding hydrogens is 190 g/mol. The van der Waals surface area contributed by atoms with Crippen LogP contribution in [0.4, 0.5) is 0 Å². The Morgan fingerprint density at radius 2 is 2.40 bits per heavy atom. The monoisotopic (exact) mass is 211 g/mol. The number of fused-ring (bicyclic) bond motifs is 1. The molecule has 2 aliphatic rings. The van der Waals surface area contributed by atoms with E-state index in [1.165, 1.54) is 12.8 Å². The van der Waals surface area contributed by atoms with Crippen molar-refractivity contribution < 1.29 is 9.53 Å². The van der Waals surface area contributed by atoms with E-state index in [2.05, 4.69) is 11.8 Å². The summed E-state index contributed by atoms with van der Waals surface area (Å²) in [5.74, 6) is 0.308. The Balaban J connectivity index is 1.81. The average Bonchev–Trinajstić information content (AvgIpc) is 2.72. The fourth-order valence-electron chi connectivity index (χ4n) is 2.52. The van der Waals surface area contributed by atoms with Gasteiger partial charge in [0, 0.05) is 19.0 Å². The molecule has 2 atom stereocenters. The molecule has 0 saturated carbocycles. The van der Waals surface area contributed by atoms with Crippen LogP contribution in [0.2, 0.25) is 0 Å². The molecule has 2 rings (SSSR count). The van der Waals surface area contributed by atoms with Crippen LogP contribution in [-0.2, 0) is 9.53 Å². The molecule has 2 saturated heterocycles. The fraction of sp³-hybridized carbons (Fsp3) is 0.917. The average molecular weight is 211 g/mol. The summed E-state index contributed by atoms with van der Waals surface area (Å²) in [6.07, 6.45) is 5.16. The van der Waals surface area contributed by atoms with Gasteiger partial charge in [0.1, 0.15) is 6.10 Å². The Hall–Kier alpha value is -0.410. The van der Waals surface area contributed by atoms with Gasteiger partial charge in [0.05, 0.1) is 6.61 Å². The highest BCUT2D eigenvalue weighted by molar-refractivity contribution is 5.83. The highest BCUT2D eigenvalue weighted by Gasteiger charge is 2.34. The Bertz CT molecular complexity index is 230. The minimum Gasteiger partial charge on any atom is -0.367 e. The third-order valence-electron chi connectivity index (χ3n) is 3.53. The first kappa shape index (κ1) is 11.1. The summed E-state index contributed by atoms with van der Waals surface area (Å²) in [6.45, 7) is 4.88. The largest absolute Gasteiger partial charge is 0.367 e. The number of ether oxygens (including phenoxy) is 1. The number of ketones is 1. The maximum absolute atomic E-state index is 11.8. The normalized spacial score (nSPS) is 31.5. The summed E-state index contributed by atoms with van der Waals surface area (Å²) < 4.78 is 5.66. The van der Waals surface area contributed by atoms with Gasteiger partial charge in [0.15, 0.2) is 5.78 Å². The minimum atomic E-state index is -0.133. The number of morpholine rings is 1. The van der Waals surface area contributed by atoms with Gasteiger partial charge in [-0.3, -0.25) is 9.69 Å². The maximum atomic E-state index is 11.8. The molecule has 0 radical (unpaired) electrons. The molecule has 0 amide bonds. The van der Waals surface area contributed by atoms with E-state index in [1.807, 2.05) is 0 Å². The molecule has 0 aromatic heterocycles. The predicted molar refractivity (Wildman–Crippen MR) is 58.9 cm³/mol. The number of rotatable bonds is 4. The van der Waals surface area contributed by atoms with Crippen molar-refractivity contribution in [1.29, 1.82) is 0 Å². The summed E-state index contributed by atoms with van der Waals surface area (Å²) in [7, 11) is 0. The molecule has 0 bridgehead atoms. The van der Waals surface area contributed by atoms with Crippen molar-refractivity contribution in [2.45, 2.75) is 51.2 Å². The Morgan fingerprint density at radius 1 is 1.53 bits per heavy atom. The molecule has 0 aliphatic carbocycles. The van der Waals surface area contributed by atoms with Crippen LogP contribution in [0.3, 0.4) is 0 Å². The van der Waals surface area contributed by atoms with Gasteiger partial charge in [0.2, 0.25) is 0 Å². The van der Waals surface area contributed by atoms with Gasteiger partial charge in [-0.2, -0.15) is 0 Å². The lowest BCUT2D eigenvalue weighted by Crippen LogP contribution is -2.49. The van der Waals surface area contributed by atoms with Crippen LogP contribution in [0.5, 0.6) is 0 Å². The zero-order valence-electron chi connectivity index (χ0n) is 9.58. The Morgan fingerprint density at radius 3 is 3.20 bits per heavy atom. The second-order valence-electron chi connectivity index (χ2n) is 4.68. The first-order valence-corrected chi connectivity index (χ1v) is 6.19. The van der Waals surface area contributed by atoms with Crippen molar-refractivity contribution in [3.8, 4) is 0 Å². The van der Waals surface area contributed by atoms with E-state index in [0.717, 1.165) is 32.5 Å². The lowest BCUT2D eigenvalue weighted by molar-refractivity contribution is -0.138. The van der Waals surface area contributed by atoms with Gasteiger partial charge in [-0.15, -0.1) is 0 Å². The van der Waals surface area contributed by atoms with Gasteiger partial charge in [0.25, 0.3) is 0 Å². The number of carbonyl (C=O) groups is 1. The van der Waals surface area contributed by atoms with Crippen LogP contribution in [0.1, 0.15) is 39.0 Å².